The largest absolute Gasteiger partial charge is 0.368 e. The van der Waals surface area contributed by atoms with Gasteiger partial charge in [0.15, 0.2) is 0 Å². The number of rotatable bonds is 3. The Morgan fingerprint density at radius 3 is 2.21 bits per heavy atom. The summed E-state index contributed by atoms with van der Waals surface area (Å²) in [6.07, 6.45) is 1.00. The zero-order valence-corrected chi connectivity index (χ0v) is 14.6. The number of amides is 2. The molecule has 1 aliphatic rings. The van der Waals surface area contributed by atoms with Crippen molar-refractivity contribution in [3.8, 4) is 0 Å². The van der Waals surface area contributed by atoms with E-state index < -0.39 is 0 Å². The molecule has 0 bridgehead atoms. The highest BCUT2D eigenvalue weighted by Crippen LogP contribution is 2.20. The van der Waals surface area contributed by atoms with Crippen LogP contribution in [0.25, 0.3) is 0 Å². The quantitative estimate of drug-likeness (QED) is 0.904. The highest BCUT2D eigenvalue weighted by molar-refractivity contribution is 6.30. The second-order valence-corrected chi connectivity index (χ2v) is 6.37. The Bertz CT molecular complexity index is 677. The van der Waals surface area contributed by atoms with E-state index in [1.165, 1.54) is 5.56 Å². The van der Waals surface area contributed by atoms with Gasteiger partial charge in [-0.2, -0.15) is 0 Å². The molecule has 0 aliphatic carbocycles. The Kier molecular flexibility index (Phi) is 5.26. The van der Waals surface area contributed by atoms with E-state index in [0.717, 1.165) is 35.9 Å². The monoisotopic (exact) mass is 343 g/mol. The van der Waals surface area contributed by atoms with Crippen LogP contribution in [-0.2, 0) is 6.42 Å². The summed E-state index contributed by atoms with van der Waals surface area (Å²) in [6.45, 7) is 5.18. The maximum atomic E-state index is 12.4. The van der Waals surface area contributed by atoms with Gasteiger partial charge in [-0.3, -0.25) is 0 Å². The Balaban J connectivity index is 1.53. The molecule has 1 saturated heterocycles. The minimum absolute atomic E-state index is 0.0324. The summed E-state index contributed by atoms with van der Waals surface area (Å²) in [6, 6.07) is 15.8. The summed E-state index contributed by atoms with van der Waals surface area (Å²) in [5.41, 5.74) is 3.26. The lowest BCUT2D eigenvalue weighted by molar-refractivity contribution is 0.208. The van der Waals surface area contributed by atoms with E-state index in [1.807, 2.05) is 53.4 Å². The fourth-order valence-electron chi connectivity index (χ4n) is 2.85. The topological polar surface area (TPSA) is 35.6 Å². The first kappa shape index (κ1) is 16.7. The van der Waals surface area contributed by atoms with Crippen LogP contribution >= 0.6 is 11.6 Å². The van der Waals surface area contributed by atoms with Crippen LogP contribution in [0.2, 0.25) is 5.02 Å². The standard InChI is InChI=1S/C19H22ClN3O/c1-2-15-3-7-17(8-4-15)21-19(24)23-13-11-22(12-14-23)18-9-5-16(20)6-10-18/h3-10H,2,11-14H2,1H3,(H,21,24). The highest BCUT2D eigenvalue weighted by atomic mass is 35.5. The van der Waals surface area contributed by atoms with E-state index in [9.17, 15) is 4.79 Å². The van der Waals surface area contributed by atoms with Gasteiger partial charge in [-0.1, -0.05) is 30.7 Å². The molecule has 1 N–H and O–H groups in total. The van der Waals surface area contributed by atoms with Crippen LogP contribution in [0.5, 0.6) is 0 Å². The fourth-order valence-corrected chi connectivity index (χ4v) is 2.97. The molecule has 2 amide bonds. The number of nitrogens with one attached hydrogen (secondary N) is 1. The van der Waals surface area contributed by atoms with Crippen LogP contribution in [0.4, 0.5) is 16.2 Å². The molecule has 2 aromatic rings. The van der Waals surface area contributed by atoms with E-state index in [1.54, 1.807) is 0 Å². The molecule has 0 radical (unpaired) electrons. The van der Waals surface area contributed by atoms with Crippen LogP contribution in [0.15, 0.2) is 48.5 Å². The van der Waals surface area contributed by atoms with Gasteiger partial charge in [-0.05, 0) is 48.4 Å². The number of anilines is 2. The molecule has 3 rings (SSSR count). The summed E-state index contributed by atoms with van der Waals surface area (Å²) in [4.78, 5) is 16.5. The molecule has 24 heavy (non-hydrogen) atoms. The van der Waals surface area contributed by atoms with Crippen molar-refractivity contribution in [1.29, 1.82) is 0 Å². The van der Waals surface area contributed by atoms with Gasteiger partial charge in [0.1, 0.15) is 0 Å². The minimum atomic E-state index is -0.0324. The van der Waals surface area contributed by atoms with Crippen molar-refractivity contribution >= 4 is 29.0 Å². The summed E-state index contributed by atoms with van der Waals surface area (Å²) >= 11 is 5.93. The Hall–Kier alpha value is -2.20. The summed E-state index contributed by atoms with van der Waals surface area (Å²) in [7, 11) is 0. The molecule has 5 heteroatoms. The van der Waals surface area contributed by atoms with E-state index in [4.69, 9.17) is 11.6 Å². The molecule has 2 aromatic carbocycles. The number of carbonyl (C=O) groups excluding carboxylic acids is 1. The Labute approximate surface area is 148 Å². The maximum Gasteiger partial charge on any atom is 0.321 e. The molecule has 1 heterocycles. The predicted octanol–water partition coefficient (Wildman–Crippen LogP) is 4.26. The third-order valence-electron chi connectivity index (χ3n) is 4.37. The molecular weight excluding hydrogens is 322 g/mol. The van der Waals surface area contributed by atoms with E-state index >= 15 is 0 Å². The molecule has 0 spiro atoms. The first-order valence-electron chi connectivity index (χ1n) is 8.31. The number of hydrogen-bond acceptors (Lipinski definition) is 2. The molecule has 4 nitrogen and oxygen atoms in total. The van der Waals surface area contributed by atoms with Crippen LogP contribution in [-0.4, -0.2) is 37.1 Å². The highest BCUT2D eigenvalue weighted by Gasteiger charge is 2.21. The van der Waals surface area contributed by atoms with Crippen molar-refractivity contribution in [3.05, 3.63) is 59.1 Å². The van der Waals surface area contributed by atoms with E-state index in [0.29, 0.717) is 13.1 Å². The SMILES string of the molecule is CCc1ccc(NC(=O)N2CCN(c3ccc(Cl)cc3)CC2)cc1. The smallest absolute Gasteiger partial charge is 0.321 e. The van der Waals surface area contributed by atoms with Crippen molar-refractivity contribution in [3.63, 3.8) is 0 Å². The van der Waals surface area contributed by atoms with Crippen LogP contribution in [0.1, 0.15) is 12.5 Å². The zero-order chi connectivity index (χ0) is 16.9. The van der Waals surface area contributed by atoms with E-state index in [2.05, 4.69) is 17.1 Å². The number of aryl methyl sites for hydroxylation is 1. The molecule has 0 aromatic heterocycles. The van der Waals surface area contributed by atoms with Gasteiger partial charge in [0.25, 0.3) is 0 Å². The average molecular weight is 344 g/mol. The van der Waals surface area contributed by atoms with Gasteiger partial charge in [-0.15, -0.1) is 0 Å². The lowest BCUT2D eigenvalue weighted by atomic mass is 10.1. The third kappa shape index (κ3) is 4.01. The number of halogens is 1. The Morgan fingerprint density at radius 1 is 1.00 bits per heavy atom. The first-order chi connectivity index (χ1) is 11.7. The van der Waals surface area contributed by atoms with Crippen molar-refractivity contribution in [1.82, 2.24) is 4.90 Å². The number of carbonyl (C=O) groups is 1. The Morgan fingerprint density at radius 2 is 1.62 bits per heavy atom. The molecule has 0 unspecified atom stereocenters. The number of piperazine rings is 1. The van der Waals surface area contributed by atoms with Crippen LogP contribution in [0.3, 0.4) is 0 Å². The maximum absolute atomic E-state index is 12.4. The molecular formula is C19H22ClN3O. The number of urea groups is 1. The number of hydrogen-bond donors (Lipinski definition) is 1. The first-order valence-corrected chi connectivity index (χ1v) is 8.69. The summed E-state index contributed by atoms with van der Waals surface area (Å²) < 4.78 is 0. The van der Waals surface area contributed by atoms with Gasteiger partial charge in [0.2, 0.25) is 0 Å². The van der Waals surface area contributed by atoms with E-state index in [-0.39, 0.29) is 6.03 Å². The second kappa shape index (κ2) is 7.58. The van der Waals surface area contributed by atoms with Gasteiger partial charge in [0, 0.05) is 42.6 Å². The van der Waals surface area contributed by atoms with Crippen LogP contribution in [0, 0.1) is 0 Å². The molecule has 0 saturated carbocycles. The third-order valence-corrected chi connectivity index (χ3v) is 4.62. The van der Waals surface area contributed by atoms with Gasteiger partial charge in [-0.25, -0.2) is 4.79 Å². The predicted molar refractivity (Wildman–Crippen MR) is 100 cm³/mol. The van der Waals surface area contributed by atoms with Crippen molar-refractivity contribution < 1.29 is 4.79 Å². The lowest BCUT2D eigenvalue weighted by Crippen LogP contribution is -2.50. The normalized spacial score (nSPS) is 14.6. The zero-order valence-electron chi connectivity index (χ0n) is 13.8. The van der Waals surface area contributed by atoms with Gasteiger partial charge < -0.3 is 15.1 Å². The molecule has 0 atom stereocenters. The lowest BCUT2D eigenvalue weighted by Gasteiger charge is -2.36. The minimum Gasteiger partial charge on any atom is -0.368 e. The molecule has 1 aliphatic heterocycles. The fraction of sp³-hybridized carbons (Fsp3) is 0.316. The molecule has 126 valence electrons. The van der Waals surface area contributed by atoms with Crippen molar-refractivity contribution in [2.45, 2.75) is 13.3 Å². The van der Waals surface area contributed by atoms with Gasteiger partial charge >= 0.3 is 6.03 Å². The van der Waals surface area contributed by atoms with Gasteiger partial charge in [0.05, 0.1) is 0 Å². The number of nitrogens with zero attached hydrogens (tertiary/aromatic N) is 2. The van der Waals surface area contributed by atoms with Crippen molar-refractivity contribution in [2.75, 3.05) is 36.4 Å². The molecule has 1 fully saturated rings. The number of benzene rings is 2. The second-order valence-electron chi connectivity index (χ2n) is 5.93. The van der Waals surface area contributed by atoms with Crippen molar-refractivity contribution in [2.24, 2.45) is 0 Å². The summed E-state index contributed by atoms with van der Waals surface area (Å²) in [5.74, 6) is 0. The summed E-state index contributed by atoms with van der Waals surface area (Å²) in [5, 5.41) is 3.72. The average Bonchev–Trinajstić information content (AvgIpc) is 2.63. The van der Waals surface area contributed by atoms with Crippen LogP contribution < -0.4 is 10.2 Å².